The van der Waals surface area contributed by atoms with E-state index in [1.807, 2.05) is 36.4 Å². The second-order valence-electron chi connectivity index (χ2n) is 16.3. The summed E-state index contributed by atoms with van der Waals surface area (Å²) in [5.74, 6) is -0.00751. The molecular formula is C48H61N5O5. The zero-order valence-corrected chi connectivity index (χ0v) is 33.8. The lowest BCUT2D eigenvalue weighted by atomic mass is 9.98. The van der Waals surface area contributed by atoms with Crippen molar-refractivity contribution in [1.82, 2.24) is 15.1 Å². The van der Waals surface area contributed by atoms with Crippen LogP contribution >= 0.6 is 0 Å². The summed E-state index contributed by atoms with van der Waals surface area (Å²) < 4.78 is 13.5. The fourth-order valence-electron chi connectivity index (χ4n) is 8.63. The Kier molecular flexibility index (Phi) is 15.0. The average molecular weight is 788 g/mol. The highest BCUT2D eigenvalue weighted by molar-refractivity contribution is 5.93. The van der Waals surface area contributed by atoms with Gasteiger partial charge in [-0.05, 0) is 104 Å². The molecule has 7 rings (SSSR count). The molecule has 0 spiro atoms. The number of amides is 2. The molecule has 0 unspecified atom stereocenters. The van der Waals surface area contributed by atoms with E-state index in [4.69, 9.17) is 15.2 Å². The Balaban J connectivity index is 0.897. The van der Waals surface area contributed by atoms with E-state index in [2.05, 4.69) is 69.0 Å². The van der Waals surface area contributed by atoms with E-state index >= 15 is 0 Å². The number of carbonyl (C=O) groups excluding carboxylic acids is 2. The van der Waals surface area contributed by atoms with Crippen LogP contribution in [-0.2, 0) is 32.2 Å². The summed E-state index contributed by atoms with van der Waals surface area (Å²) in [4.78, 5) is 30.2. The van der Waals surface area contributed by atoms with Crippen LogP contribution in [0.5, 0.6) is 0 Å². The first-order valence-electron chi connectivity index (χ1n) is 21.5. The summed E-state index contributed by atoms with van der Waals surface area (Å²) in [6.07, 6.45) is 9.59. The van der Waals surface area contributed by atoms with Gasteiger partial charge in [-0.2, -0.15) is 0 Å². The van der Waals surface area contributed by atoms with Crippen molar-refractivity contribution >= 4 is 23.2 Å². The molecule has 3 fully saturated rings. The molecule has 308 valence electrons. The van der Waals surface area contributed by atoms with Crippen LogP contribution in [0.25, 0.3) is 11.1 Å². The number of nitrogens with zero attached hydrogens (tertiary/aromatic N) is 2. The number of nitrogens with one attached hydrogen (secondary N) is 2. The third-order valence-corrected chi connectivity index (χ3v) is 11.9. The summed E-state index contributed by atoms with van der Waals surface area (Å²) in [7, 11) is 0. The largest absolute Gasteiger partial charge is 0.397 e. The van der Waals surface area contributed by atoms with Crippen molar-refractivity contribution in [3.05, 3.63) is 119 Å². The summed E-state index contributed by atoms with van der Waals surface area (Å²) in [6, 6.07) is 32.7. The van der Waals surface area contributed by atoms with Crippen molar-refractivity contribution in [2.45, 2.75) is 108 Å². The van der Waals surface area contributed by atoms with Crippen LogP contribution in [0.3, 0.4) is 0 Å². The van der Waals surface area contributed by atoms with Gasteiger partial charge in [-0.15, -0.1) is 0 Å². The molecule has 0 aliphatic carbocycles. The predicted octanol–water partition coefficient (Wildman–Crippen LogP) is 8.13. The molecule has 4 aromatic carbocycles. The molecule has 4 aromatic rings. The number of anilines is 2. The average Bonchev–Trinajstić information content (AvgIpc) is 3.94. The number of carbonyl (C=O) groups is 2. The maximum atomic E-state index is 12.7. The minimum atomic E-state index is -0.490. The minimum absolute atomic E-state index is 0.0234. The highest BCUT2D eigenvalue weighted by atomic mass is 16.7. The number of aliphatic hydroxyl groups is 1. The molecule has 10 nitrogen and oxygen atoms in total. The number of hydrogen-bond acceptors (Lipinski definition) is 8. The van der Waals surface area contributed by atoms with E-state index in [0.717, 1.165) is 85.1 Å². The van der Waals surface area contributed by atoms with Gasteiger partial charge in [0.25, 0.3) is 0 Å². The number of aliphatic hydroxyl groups excluding tert-OH is 1. The second kappa shape index (κ2) is 20.9. The van der Waals surface area contributed by atoms with Gasteiger partial charge in [0.2, 0.25) is 11.8 Å². The van der Waals surface area contributed by atoms with Crippen LogP contribution in [0.1, 0.15) is 105 Å². The summed E-state index contributed by atoms with van der Waals surface area (Å²) >= 11 is 0. The Morgan fingerprint density at radius 1 is 0.724 bits per heavy atom. The highest BCUT2D eigenvalue weighted by Crippen LogP contribution is 2.39. The van der Waals surface area contributed by atoms with Crippen LogP contribution in [0.15, 0.2) is 97.1 Å². The van der Waals surface area contributed by atoms with Gasteiger partial charge in [-0.25, -0.2) is 0 Å². The lowest BCUT2D eigenvalue weighted by Crippen LogP contribution is -2.45. The first-order valence-corrected chi connectivity index (χ1v) is 21.5. The molecule has 58 heavy (non-hydrogen) atoms. The second-order valence-corrected chi connectivity index (χ2v) is 16.3. The number of rotatable bonds is 18. The molecule has 4 atom stereocenters. The standard InChI is InChI=1S/C48H61N5O5/c49-43-14-5-6-15-44(43)51-47(56)17-4-2-1-3-16-46(55)50-31-36-11-9-12-40(29-36)37-22-24-39(25-23-37)48-57-42(30-45(58-48)38-20-18-35(34-54)19-21-38)33-53-28-10-13-41(53)32-52-26-7-8-27-52/h5-6,9,11-12,14-15,18-25,29,41-42,45,48,54H,1-4,7-8,10,13,16-17,26-28,30-34,49H2,(H,50,55)(H,51,56)/t41-,42-,45+,48+/m0/s1. The number of benzene rings is 4. The Hall–Kier alpha value is -4.58. The molecule has 3 heterocycles. The van der Waals surface area contributed by atoms with Gasteiger partial charge in [-0.3, -0.25) is 14.5 Å². The van der Waals surface area contributed by atoms with Crippen LogP contribution in [-0.4, -0.2) is 71.6 Å². The molecule has 5 N–H and O–H groups in total. The van der Waals surface area contributed by atoms with Gasteiger partial charge in [0.15, 0.2) is 6.29 Å². The molecule has 10 heteroatoms. The van der Waals surface area contributed by atoms with Gasteiger partial charge in [0, 0.05) is 50.5 Å². The van der Waals surface area contributed by atoms with Crippen molar-refractivity contribution < 1.29 is 24.2 Å². The fraction of sp³-hybridized carbons (Fsp3) is 0.458. The summed E-state index contributed by atoms with van der Waals surface area (Å²) in [5.41, 5.74) is 13.3. The van der Waals surface area contributed by atoms with E-state index in [1.54, 1.807) is 12.1 Å². The van der Waals surface area contributed by atoms with Crippen molar-refractivity contribution in [3.8, 4) is 11.1 Å². The molecule has 3 aliphatic heterocycles. The summed E-state index contributed by atoms with van der Waals surface area (Å²) in [6.45, 7) is 6.12. The fourth-order valence-corrected chi connectivity index (χ4v) is 8.63. The van der Waals surface area contributed by atoms with Crippen molar-refractivity contribution in [1.29, 1.82) is 0 Å². The van der Waals surface area contributed by atoms with Crippen LogP contribution in [0.4, 0.5) is 11.4 Å². The quantitative estimate of drug-likeness (QED) is 0.0588. The lowest BCUT2D eigenvalue weighted by molar-refractivity contribution is -0.253. The van der Waals surface area contributed by atoms with E-state index in [0.29, 0.717) is 36.8 Å². The Bertz CT molecular complexity index is 1910. The predicted molar refractivity (Wildman–Crippen MR) is 230 cm³/mol. The topological polar surface area (TPSA) is 129 Å². The zero-order valence-electron chi connectivity index (χ0n) is 33.8. The summed E-state index contributed by atoms with van der Waals surface area (Å²) in [5, 5.41) is 15.6. The maximum absolute atomic E-state index is 12.7. The molecule has 2 amide bonds. The third-order valence-electron chi connectivity index (χ3n) is 11.9. The first-order chi connectivity index (χ1) is 28.4. The molecule has 3 aliphatic rings. The van der Waals surface area contributed by atoms with E-state index < -0.39 is 6.29 Å². The zero-order chi connectivity index (χ0) is 40.1. The van der Waals surface area contributed by atoms with Gasteiger partial charge in [0.1, 0.15) is 0 Å². The van der Waals surface area contributed by atoms with Crippen LogP contribution in [0, 0.1) is 0 Å². The van der Waals surface area contributed by atoms with Crippen molar-refractivity contribution in [3.63, 3.8) is 0 Å². The number of nitrogens with two attached hydrogens (primary N) is 1. The molecule has 0 radical (unpaired) electrons. The van der Waals surface area contributed by atoms with Gasteiger partial charge < -0.3 is 35.8 Å². The normalized spacial score (nSPS) is 21.3. The van der Waals surface area contributed by atoms with E-state index in [-0.39, 0.29) is 30.6 Å². The number of para-hydroxylation sites is 2. The maximum Gasteiger partial charge on any atom is 0.224 e. The molecule has 0 bridgehead atoms. The Morgan fingerprint density at radius 2 is 1.47 bits per heavy atom. The Labute approximate surface area is 344 Å². The first kappa shape index (κ1) is 41.6. The number of nitrogen functional groups attached to an aromatic ring is 1. The van der Waals surface area contributed by atoms with Gasteiger partial charge in [0.05, 0.1) is 30.2 Å². The van der Waals surface area contributed by atoms with Crippen molar-refractivity contribution in [2.75, 3.05) is 43.8 Å². The molecule has 0 saturated carbocycles. The smallest absolute Gasteiger partial charge is 0.224 e. The van der Waals surface area contributed by atoms with Gasteiger partial charge in [-0.1, -0.05) is 91.7 Å². The van der Waals surface area contributed by atoms with Crippen LogP contribution < -0.4 is 16.4 Å². The minimum Gasteiger partial charge on any atom is -0.397 e. The van der Waals surface area contributed by atoms with Crippen molar-refractivity contribution in [2.24, 2.45) is 0 Å². The lowest BCUT2D eigenvalue weighted by Gasteiger charge is -2.39. The Morgan fingerprint density at radius 3 is 2.22 bits per heavy atom. The van der Waals surface area contributed by atoms with Gasteiger partial charge >= 0.3 is 0 Å². The molecule has 3 saturated heterocycles. The monoisotopic (exact) mass is 787 g/mol. The van der Waals surface area contributed by atoms with E-state index in [9.17, 15) is 14.7 Å². The number of likely N-dealkylation sites (tertiary alicyclic amines) is 2. The number of ether oxygens (including phenoxy) is 2. The number of hydrogen-bond donors (Lipinski definition) is 4. The molecular weight excluding hydrogens is 727 g/mol. The molecule has 0 aromatic heterocycles. The number of unbranched alkanes of at least 4 members (excludes halogenated alkanes) is 3. The highest BCUT2D eigenvalue weighted by Gasteiger charge is 2.36. The third kappa shape index (κ3) is 11.8. The van der Waals surface area contributed by atoms with E-state index in [1.165, 1.54) is 38.8 Å². The SMILES string of the molecule is Nc1ccccc1NC(=O)CCCCCCC(=O)NCc1cccc(-c2ccc([C@@H]3O[C@H](CN4CCC[C@H]4CN4CCCC4)C[C@H](c4ccc(CO)cc4)O3)cc2)c1. The van der Waals surface area contributed by atoms with Crippen LogP contribution in [0.2, 0.25) is 0 Å².